The molecule has 96 valence electrons. The molecule has 1 fully saturated rings. The lowest BCUT2D eigenvalue weighted by molar-refractivity contribution is 0.364. The molecule has 2 heterocycles. The van der Waals surface area contributed by atoms with Crippen LogP contribution >= 0.6 is 23.1 Å². The molecule has 4 heteroatoms. The van der Waals surface area contributed by atoms with Gasteiger partial charge >= 0.3 is 0 Å². The van der Waals surface area contributed by atoms with Crippen molar-refractivity contribution in [3.05, 3.63) is 15.6 Å². The number of nitrogens with zero attached hydrogens (tertiary/aromatic N) is 1. The second-order valence-electron chi connectivity index (χ2n) is 5.12. The van der Waals surface area contributed by atoms with Crippen LogP contribution in [0, 0.1) is 19.8 Å². The maximum Gasteiger partial charge on any atom is 0.110 e. The fourth-order valence-electron chi connectivity index (χ4n) is 2.21. The van der Waals surface area contributed by atoms with Gasteiger partial charge in [0.05, 0.1) is 11.7 Å². The zero-order valence-electron chi connectivity index (χ0n) is 11.1. The van der Waals surface area contributed by atoms with E-state index in [4.69, 9.17) is 4.98 Å². The van der Waals surface area contributed by atoms with Gasteiger partial charge in [0.15, 0.2) is 0 Å². The van der Waals surface area contributed by atoms with Crippen LogP contribution < -0.4 is 5.32 Å². The van der Waals surface area contributed by atoms with Crippen LogP contribution in [0.4, 0.5) is 0 Å². The van der Waals surface area contributed by atoms with E-state index in [0.717, 1.165) is 5.92 Å². The lowest BCUT2D eigenvalue weighted by Gasteiger charge is -2.24. The van der Waals surface area contributed by atoms with Gasteiger partial charge in [-0.3, -0.25) is 0 Å². The molecule has 0 radical (unpaired) electrons. The van der Waals surface area contributed by atoms with Crippen LogP contribution in [0.3, 0.4) is 0 Å². The van der Waals surface area contributed by atoms with Gasteiger partial charge in [0.1, 0.15) is 5.01 Å². The molecule has 1 aromatic heterocycles. The van der Waals surface area contributed by atoms with Crippen LogP contribution in [0.1, 0.15) is 41.9 Å². The molecule has 1 saturated heterocycles. The highest BCUT2D eigenvalue weighted by atomic mass is 32.2. The largest absolute Gasteiger partial charge is 0.305 e. The van der Waals surface area contributed by atoms with Crippen LogP contribution in [0.2, 0.25) is 0 Å². The highest BCUT2D eigenvalue weighted by Crippen LogP contribution is 2.36. The third-order valence-electron chi connectivity index (χ3n) is 3.26. The fourth-order valence-corrected chi connectivity index (χ4v) is 4.59. The van der Waals surface area contributed by atoms with Gasteiger partial charge in [-0.2, -0.15) is 11.8 Å². The van der Waals surface area contributed by atoms with Crippen molar-refractivity contribution in [1.82, 2.24) is 10.3 Å². The Hall–Kier alpha value is -0.0600. The summed E-state index contributed by atoms with van der Waals surface area (Å²) < 4.78 is 0. The van der Waals surface area contributed by atoms with Gasteiger partial charge in [-0.05, 0) is 37.7 Å². The van der Waals surface area contributed by atoms with Crippen LogP contribution in [0.15, 0.2) is 0 Å². The van der Waals surface area contributed by atoms with Crippen molar-refractivity contribution in [1.29, 1.82) is 0 Å². The molecule has 1 N–H and O–H groups in total. The lowest BCUT2D eigenvalue weighted by Crippen LogP contribution is -2.33. The second kappa shape index (κ2) is 5.72. The average Bonchev–Trinajstić information content (AvgIpc) is 2.86. The minimum atomic E-state index is 0.461. The molecule has 0 saturated carbocycles. The zero-order valence-corrected chi connectivity index (χ0v) is 12.8. The normalized spacial score (nSPS) is 22.3. The zero-order chi connectivity index (χ0) is 12.4. The SMILES string of the molecule is Cc1nc(C(NC(C)C)C2CCSC2)sc1C. The minimum Gasteiger partial charge on any atom is -0.305 e. The van der Waals surface area contributed by atoms with Gasteiger partial charge in [-0.25, -0.2) is 4.98 Å². The van der Waals surface area contributed by atoms with Crippen molar-refractivity contribution in [2.45, 2.75) is 46.2 Å². The first-order chi connectivity index (χ1) is 8.08. The summed E-state index contributed by atoms with van der Waals surface area (Å²) in [5, 5.41) is 5.01. The first-order valence-electron chi connectivity index (χ1n) is 6.35. The molecule has 17 heavy (non-hydrogen) atoms. The average molecular weight is 270 g/mol. The molecule has 2 unspecified atom stereocenters. The summed E-state index contributed by atoms with van der Waals surface area (Å²) in [6.45, 7) is 8.74. The smallest absolute Gasteiger partial charge is 0.110 e. The number of rotatable bonds is 4. The van der Waals surface area contributed by atoms with Gasteiger partial charge in [-0.15, -0.1) is 11.3 Å². The van der Waals surface area contributed by atoms with E-state index >= 15 is 0 Å². The van der Waals surface area contributed by atoms with E-state index in [0.29, 0.717) is 12.1 Å². The van der Waals surface area contributed by atoms with Gasteiger partial charge in [0.2, 0.25) is 0 Å². The number of nitrogens with one attached hydrogen (secondary N) is 1. The molecule has 0 bridgehead atoms. The molecule has 2 rings (SSSR count). The number of thiazole rings is 1. The van der Waals surface area contributed by atoms with E-state index in [-0.39, 0.29) is 0 Å². The van der Waals surface area contributed by atoms with Crippen molar-refractivity contribution in [3.63, 3.8) is 0 Å². The topological polar surface area (TPSA) is 24.9 Å². The highest BCUT2D eigenvalue weighted by molar-refractivity contribution is 7.99. The third kappa shape index (κ3) is 3.24. The Morgan fingerprint density at radius 3 is 2.59 bits per heavy atom. The predicted molar refractivity (Wildman–Crippen MR) is 78.0 cm³/mol. The van der Waals surface area contributed by atoms with Crippen molar-refractivity contribution < 1.29 is 0 Å². The summed E-state index contributed by atoms with van der Waals surface area (Å²) in [6, 6.07) is 0.984. The fraction of sp³-hybridized carbons (Fsp3) is 0.769. The summed E-state index contributed by atoms with van der Waals surface area (Å²) in [7, 11) is 0. The minimum absolute atomic E-state index is 0.461. The van der Waals surface area contributed by atoms with Crippen molar-refractivity contribution >= 4 is 23.1 Å². The molecule has 0 aromatic carbocycles. The molecule has 1 aromatic rings. The van der Waals surface area contributed by atoms with Crippen molar-refractivity contribution in [2.75, 3.05) is 11.5 Å². The number of thioether (sulfide) groups is 1. The van der Waals surface area contributed by atoms with E-state index in [1.807, 2.05) is 11.3 Å². The summed E-state index contributed by atoms with van der Waals surface area (Å²) in [5.74, 6) is 3.35. The monoisotopic (exact) mass is 270 g/mol. The molecule has 0 amide bonds. The first kappa shape index (κ1) is 13.4. The quantitative estimate of drug-likeness (QED) is 0.905. The van der Waals surface area contributed by atoms with Crippen molar-refractivity contribution in [3.8, 4) is 0 Å². The molecule has 0 aliphatic carbocycles. The molecule has 2 nitrogen and oxygen atoms in total. The Bertz CT molecular complexity index is 348. The van der Waals surface area contributed by atoms with Gasteiger partial charge in [0, 0.05) is 10.9 Å². The lowest BCUT2D eigenvalue weighted by atomic mass is 9.99. The molecular formula is C13H22N2S2. The van der Waals surface area contributed by atoms with E-state index in [1.165, 1.54) is 33.5 Å². The predicted octanol–water partition coefficient (Wildman–Crippen LogP) is 3.55. The number of hydrogen-bond donors (Lipinski definition) is 1. The summed E-state index contributed by atoms with van der Waals surface area (Å²) in [5.41, 5.74) is 1.20. The second-order valence-corrected chi connectivity index (χ2v) is 7.50. The Morgan fingerprint density at radius 1 is 1.35 bits per heavy atom. The summed E-state index contributed by atoms with van der Waals surface area (Å²) in [6.07, 6.45) is 1.33. The Labute approximate surface area is 113 Å². The van der Waals surface area contributed by atoms with E-state index in [1.54, 1.807) is 0 Å². The van der Waals surface area contributed by atoms with Gasteiger partial charge in [-0.1, -0.05) is 13.8 Å². The molecule has 2 atom stereocenters. The van der Waals surface area contributed by atoms with E-state index < -0.39 is 0 Å². The third-order valence-corrected chi connectivity index (χ3v) is 5.60. The maximum absolute atomic E-state index is 4.75. The maximum atomic E-state index is 4.75. The first-order valence-corrected chi connectivity index (χ1v) is 8.32. The van der Waals surface area contributed by atoms with E-state index in [9.17, 15) is 0 Å². The number of hydrogen-bond acceptors (Lipinski definition) is 4. The summed E-state index contributed by atoms with van der Waals surface area (Å²) in [4.78, 5) is 6.12. The van der Waals surface area contributed by atoms with Gasteiger partial charge < -0.3 is 5.32 Å². The van der Waals surface area contributed by atoms with Gasteiger partial charge in [0.25, 0.3) is 0 Å². The highest BCUT2D eigenvalue weighted by Gasteiger charge is 2.29. The van der Waals surface area contributed by atoms with Crippen LogP contribution in [0.5, 0.6) is 0 Å². The number of aromatic nitrogens is 1. The Kier molecular flexibility index (Phi) is 4.50. The molecule has 0 spiro atoms. The van der Waals surface area contributed by atoms with Crippen LogP contribution in [0.25, 0.3) is 0 Å². The van der Waals surface area contributed by atoms with Crippen molar-refractivity contribution in [2.24, 2.45) is 5.92 Å². The molecule has 1 aliphatic heterocycles. The van der Waals surface area contributed by atoms with E-state index in [2.05, 4.69) is 44.8 Å². The Morgan fingerprint density at radius 2 is 2.12 bits per heavy atom. The Balaban J connectivity index is 2.19. The van der Waals surface area contributed by atoms with Crippen LogP contribution in [-0.4, -0.2) is 22.5 Å². The molecular weight excluding hydrogens is 248 g/mol. The molecule has 1 aliphatic rings. The summed E-state index contributed by atoms with van der Waals surface area (Å²) >= 11 is 3.95. The number of aryl methyl sites for hydroxylation is 2. The standard InChI is InChI=1S/C13H22N2S2/c1-8(2)14-12(11-5-6-16-7-11)13-15-9(3)10(4)17-13/h8,11-12,14H,5-7H2,1-4H3. The van der Waals surface area contributed by atoms with Crippen LogP contribution in [-0.2, 0) is 0 Å².